The van der Waals surface area contributed by atoms with E-state index in [1.807, 2.05) is 0 Å². The van der Waals surface area contributed by atoms with E-state index in [4.69, 9.17) is 0 Å². The molecule has 0 amide bonds. The molecule has 1 heterocycles. The van der Waals surface area contributed by atoms with Crippen molar-refractivity contribution in [2.75, 3.05) is 0 Å². The summed E-state index contributed by atoms with van der Waals surface area (Å²) in [5, 5.41) is 0. The fourth-order valence-corrected chi connectivity index (χ4v) is 1.33. The number of aromatic nitrogens is 1. The van der Waals surface area contributed by atoms with Gasteiger partial charge in [-0.3, -0.25) is 4.79 Å². The standard InChI is InChI=1S/C7H3BrF5NO/c8-4-2(7(11,12)13)1-3(5(9)10)14-6(4)15/h1,5H,(H,14,15). The zero-order chi connectivity index (χ0) is 11.8. The molecule has 0 unspecified atom stereocenters. The number of halogens is 6. The molecular formula is C7H3BrF5NO. The average molecular weight is 292 g/mol. The van der Waals surface area contributed by atoms with E-state index < -0.39 is 33.9 Å². The Kier molecular flexibility index (Phi) is 3.17. The highest BCUT2D eigenvalue weighted by molar-refractivity contribution is 9.10. The van der Waals surface area contributed by atoms with Gasteiger partial charge in [0.2, 0.25) is 0 Å². The second-order valence-electron chi connectivity index (χ2n) is 2.58. The summed E-state index contributed by atoms with van der Waals surface area (Å²) >= 11 is 2.39. The summed E-state index contributed by atoms with van der Waals surface area (Å²) in [6, 6.07) is 0.205. The lowest BCUT2D eigenvalue weighted by Gasteiger charge is -2.09. The molecule has 0 aromatic carbocycles. The van der Waals surface area contributed by atoms with Crippen molar-refractivity contribution >= 4 is 15.9 Å². The van der Waals surface area contributed by atoms with Gasteiger partial charge in [-0.05, 0) is 22.0 Å². The van der Waals surface area contributed by atoms with Crippen LogP contribution >= 0.6 is 15.9 Å². The number of rotatable bonds is 1. The molecule has 1 aromatic heterocycles. The zero-order valence-electron chi connectivity index (χ0n) is 6.83. The lowest BCUT2D eigenvalue weighted by molar-refractivity contribution is -0.138. The first-order valence-corrected chi connectivity index (χ1v) is 4.31. The molecule has 0 aliphatic carbocycles. The van der Waals surface area contributed by atoms with Crippen LogP contribution in [0.4, 0.5) is 22.0 Å². The number of nitrogens with one attached hydrogen (secondary N) is 1. The highest BCUT2D eigenvalue weighted by Crippen LogP contribution is 2.34. The summed E-state index contributed by atoms with van der Waals surface area (Å²) in [6.07, 6.45) is -8.01. The fourth-order valence-electron chi connectivity index (χ4n) is 0.887. The van der Waals surface area contributed by atoms with E-state index in [0.29, 0.717) is 0 Å². The van der Waals surface area contributed by atoms with E-state index in [1.165, 1.54) is 0 Å². The largest absolute Gasteiger partial charge is 0.417 e. The van der Waals surface area contributed by atoms with Crippen molar-refractivity contribution in [3.8, 4) is 0 Å². The van der Waals surface area contributed by atoms with Crippen molar-refractivity contribution in [2.24, 2.45) is 0 Å². The minimum Gasteiger partial charge on any atom is -0.320 e. The molecule has 0 radical (unpaired) electrons. The highest BCUT2D eigenvalue weighted by atomic mass is 79.9. The lowest BCUT2D eigenvalue weighted by Crippen LogP contribution is -2.18. The van der Waals surface area contributed by atoms with Crippen LogP contribution in [0.25, 0.3) is 0 Å². The van der Waals surface area contributed by atoms with Crippen molar-refractivity contribution in [1.29, 1.82) is 0 Å². The van der Waals surface area contributed by atoms with Gasteiger partial charge in [0.15, 0.2) is 0 Å². The zero-order valence-corrected chi connectivity index (χ0v) is 8.42. The quantitative estimate of drug-likeness (QED) is 0.793. The third-order valence-corrected chi connectivity index (χ3v) is 2.32. The molecule has 15 heavy (non-hydrogen) atoms. The van der Waals surface area contributed by atoms with Crippen LogP contribution in [0.3, 0.4) is 0 Å². The van der Waals surface area contributed by atoms with Gasteiger partial charge in [0, 0.05) is 0 Å². The Morgan fingerprint density at radius 3 is 2.27 bits per heavy atom. The molecule has 0 spiro atoms. The van der Waals surface area contributed by atoms with Crippen LogP contribution in [0, 0.1) is 0 Å². The van der Waals surface area contributed by atoms with E-state index in [2.05, 4.69) is 15.9 Å². The van der Waals surface area contributed by atoms with Crippen LogP contribution < -0.4 is 5.56 Å². The molecule has 0 saturated carbocycles. The first-order valence-electron chi connectivity index (χ1n) is 3.51. The first-order chi connectivity index (χ1) is 6.73. The maximum absolute atomic E-state index is 12.2. The maximum Gasteiger partial charge on any atom is 0.417 e. The second-order valence-corrected chi connectivity index (χ2v) is 3.37. The molecule has 1 rings (SSSR count). The molecule has 1 N–H and O–H groups in total. The number of alkyl halides is 5. The topological polar surface area (TPSA) is 32.9 Å². The predicted molar refractivity (Wildman–Crippen MR) is 44.7 cm³/mol. The summed E-state index contributed by atoms with van der Waals surface area (Å²) in [7, 11) is 0. The molecule has 8 heteroatoms. The van der Waals surface area contributed by atoms with Crippen molar-refractivity contribution in [3.63, 3.8) is 0 Å². The van der Waals surface area contributed by atoms with Gasteiger partial charge >= 0.3 is 6.18 Å². The van der Waals surface area contributed by atoms with Crippen LogP contribution in [0.1, 0.15) is 17.7 Å². The first kappa shape index (κ1) is 12.2. The predicted octanol–water partition coefficient (Wildman–Crippen LogP) is 3.09. The maximum atomic E-state index is 12.2. The van der Waals surface area contributed by atoms with Gasteiger partial charge in [-0.2, -0.15) is 13.2 Å². The Morgan fingerprint density at radius 2 is 1.87 bits per heavy atom. The van der Waals surface area contributed by atoms with Gasteiger partial charge in [0.1, 0.15) is 0 Å². The monoisotopic (exact) mass is 291 g/mol. The minimum absolute atomic E-state index is 0.205. The number of pyridine rings is 1. The summed E-state index contributed by atoms with van der Waals surface area (Å²) < 4.78 is 60.1. The molecule has 1 aromatic rings. The molecule has 0 bridgehead atoms. The van der Waals surface area contributed by atoms with Crippen LogP contribution in [0.15, 0.2) is 15.3 Å². The van der Waals surface area contributed by atoms with Crippen molar-refractivity contribution < 1.29 is 22.0 Å². The molecule has 0 aliphatic heterocycles. The van der Waals surface area contributed by atoms with E-state index in [0.717, 1.165) is 0 Å². The van der Waals surface area contributed by atoms with Gasteiger partial charge in [0.05, 0.1) is 15.7 Å². The number of H-pyrrole nitrogens is 1. The van der Waals surface area contributed by atoms with E-state index in [9.17, 15) is 26.7 Å². The van der Waals surface area contributed by atoms with E-state index in [-0.39, 0.29) is 6.07 Å². The Bertz CT molecular complexity index is 424. The van der Waals surface area contributed by atoms with Crippen LogP contribution in [-0.4, -0.2) is 4.98 Å². The molecule has 2 nitrogen and oxygen atoms in total. The molecule has 0 aliphatic rings. The second kappa shape index (κ2) is 3.92. The van der Waals surface area contributed by atoms with Crippen molar-refractivity contribution in [2.45, 2.75) is 12.6 Å². The lowest BCUT2D eigenvalue weighted by atomic mass is 10.2. The Morgan fingerprint density at radius 1 is 1.33 bits per heavy atom. The number of hydrogen-bond donors (Lipinski definition) is 1. The summed E-state index contributed by atoms with van der Waals surface area (Å²) in [4.78, 5) is 12.5. The third-order valence-electron chi connectivity index (χ3n) is 1.53. The number of hydrogen-bond acceptors (Lipinski definition) is 1. The van der Waals surface area contributed by atoms with Gasteiger partial charge in [-0.15, -0.1) is 0 Å². The van der Waals surface area contributed by atoms with Crippen molar-refractivity contribution in [3.05, 3.63) is 32.2 Å². The van der Waals surface area contributed by atoms with Crippen LogP contribution in [-0.2, 0) is 6.18 Å². The molecule has 0 saturated heterocycles. The molecule has 84 valence electrons. The van der Waals surface area contributed by atoms with Gasteiger partial charge in [0.25, 0.3) is 12.0 Å². The van der Waals surface area contributed by atoms with Crippen LogP contribution in [0.2, 0.25) is 0 Å². The average Bonchev–Trinajstić information content (AvgIpc) is 2.06. The van der Waals surface area contributed by atoms with Crippen LogP contribution in [0.5, 0.6) is 0 Å². The molecule has 0 atom stereocenters. The summed E-state index contributed by atoms with van der Waals surface area (Å²) in [5.74, 6) is 0. The smallest absolute Gasteiger partial charge is 0.320 e. The third kappa shape index (κ3) is 2.55. The van der Waals surface area contributed by atoms with Gasteiger partial charge in [-0.1, -0.05) is 0 Å². The fraction of sp³-hybridized carbons (Fsp3) is 0.286. The summed E-state index contributed by atoms with van der Waals surface area (Å²) in [6.45, 7) is 0. The summed E-state index contributed by atoms with van der Waals surface area (Å²) in [5.41, 5.74) is -3.71. The van der Waals surface area contributed by atoms with Gasteiger partial charge < -0.3 is 4.98 Å². The molecular weight excluding hydrogens is 289 g/mol. The Balaban J connectivity index is 3.46. The minimum atomic E-state index is -4.85. The van der Waals surface area contributed by atoms with Gasteiger partial charge in [-0.25, -0.2) is 8.78 Å². The number of aromatic amines is 1. The van der Waals surface area contributed by atoms with E-state index in [1.54, 1.807) is 4.98 Å². The highest BCUT2D eigenvalue weighted by Gasteiger charge is 2.35. The Labute approximate surface area is 88.2 Å². The van der Waals surface area contributed by atoms with E-state index >= 15 is 0 Å². The SMILES string of the molecule is O=c1[nH]c(C(F)F)cc(C(F)(F)F)c1Br. The normalized spacial score (nSPS) is 12.2. The van der Waals surface area contributed by atoms with Crippen molar-refractivity contribution in [1.82, 2.24) is 4.98 Å². The Hall–Kier alpha value is -0.920. The molecule has 0 fully saturated rings.